The van der Waals surface area contributed by atoms with Crippen LogP contribution in [0.3, 0.4) is 0 Å². The molecule has 24 heavy (non-hydrogen) atoms. The summed E-state index contributed by atoms with van der Waals surface area (Å²) in [5.41, 5.74) is 3.88. The molecule has 0 aromatic heterocycles. The molecule has 0 unspecified atom stereocenters. The fourth-order valence-corrected chi connectivity index (χ4v) is 3.73. The Balaban J connectivity index is 1.93. The number of hydrogen-bond donors (Lipinski definition) is 0. The van der Waals surface area contributed by atoms with Crippen LogP contribution in [0, 0.1) is 0 Å². The van der Waals surface area contributed by atoms with Gasteiger partial charge >= 0.3 is 0 Å². The van der Waals surface area contributed by atoms with Crippen LogP contribution in [0.1, 0.15) is 22.7 Å². The van der Waals surface area contributed by atoms with Crippen LogP contribution in [0.15, 0.2) is 36.4 Å². The maximum Gasteiger partial charge on any atom is 0.161 e. The Kier molecular flexibility index (Phi) is 5.31. The summed E-state index contributed by atoms with van der Waals surface area (Å²) in [5, 5.41) is 0. The van der Waals surface area contributed by atoms with E-state index in [-0.39, 0.29) is 6.04 Å². The molecule has 0 saturated carbocycles. The smallest absolute Gasteiger partial charge is 0.161 e. The van der Waals surface area contributed by atoms with E-state index < -0.39 is 0 Å². The Bertz CT molecular complexity index is 703. The standard InChI is InChI=1S/C19H22BrNO3/c1-22-15-6-4-13(5-7-15)10-17-16-12-19(24-3)18(23-2)11-14(16)8-9-21(17)20/h4-7,11-12,17H,8-10H2,1-3H3/t17-/m0/s1. The summed E-state index contributed by atoms with van der Waals surface area (Å²) in [7, 11) is 5.04. The van der Waals surface area contributed by atoms with Crippen LogP contribution in [0.4, 0.5) is 0 Å². The summed E-state index contributed by atoms with van der Waals surface area (Å²) in [6.45, 7) is 0.962. The molecule has 2 aromatic carbocycles. The van der Waals surface area contributed by atoms with Crippen molar-refractivity contribution in [2.75, 3.05) is 27.9 Å². The van der Waals surface area contributed by atoms with Crippen LogP contribution in [0.2, 0.25) is 0 Å². The highest BCUT2D eigenvalue weighted by Crippen LogP contribution is 2.40. The summed E-state index contributed by atoms with van der Waals surface area (Å²) in [6.07, 6.45) is 1.90. The predicted octanol–water partition coefficient (Wildman–Crippen LogP) is 4.16. The third-order valence-corrected chi connectivity index (χ3v) is 5.37. The van der Waals surface area contributed by atoms with Gasteiger partial charge in [0, 0.05) is 28.7 Å². The van der Waals surface area contributed by atoms with Gasteiger partial charge in [-0.1, -0.05) is 12.1 Å². The van der Waals surface area contributed by atoms with Crippen molar-refractivity contribution in [2.45, 2.75) is 18.9 Å². The van der Waals surface area contributed by atoms with E-state index in [1.165, 1.54) is 16.7 Å². The van der Waals surface area contributed by atoms with Gasteiger partial charge < -0.3 is 14.2 Å². The van der Waals surface area contributed by atoms with Crippen molar-refractivity contribution in [1.29, 1.82) is 0 Å². The number of hydrogen-bond acceptors (Lipinski definition) is 4. The molecule has 1 atom stereocenters. The van der Waals surface area contributed by atoms with Gasteiger partial charge in [-0.15, -0.1) is 0 Å². The van der Waals surface area contributed by atoms with E-state index in [0.29, 0.717) is 0 Å². The fraction of sp³-hybridized carbons (Fsp3) is 0.368. The topological polar surface area (TPSA) is 30.9 Å². The molecular weight excluding hydrogens is 370 g/mol. The number of nitrogens with zero attached hydrogens (tertiary/aromatic N) is 1. The molecule has 5 heteroatoms. The first kappa shape index (κ1) is 17.1. The van der Waals surface area contributed by atoms with Crippen molar-refractivity contribution in [3.05, 3.63) is 53.1 Å². The maximum atomic E-state index is 5.49. The molecule has 128 valence electrons. The molecule has 0 bridgehead atoms. The molecule has 2 aromatic rings. The number of methoxy groups -OCH3 is 3. The molecule has 1 aliphatic rings. The lowest BCUT2D eigenvalue weighted by molar-refractivity contribution is 0.334. The van der Waals surface area contributed by atoms with Gasteiger partial charge in [0.15, 0.2) is 11.5 Å². The van der Waals surface area contributed by atoms with Crippen LogP contribution in [0.25, 0.3) is 0 Å². The van der Waals surface area contributed by atoms with Gasteiger partial charge in [-0.25, -0.2) is 3.93 Å². The molecule has 0 aliphatic carbocycles. The Hall–Kier alpha value is -1.72. The normalized spacial score (nSPS) is 17.2. The molecule has 0 fully saturated rings. The second kappa shape index (κ2) is 7.45. The van der Waals surface area contributed by atoms with Gasteiger partial charge in [0.2, 0.25) is 0 Å². The van der Waals surface area contributed by atoms with E-state index in [9.17, 15) is 0 Å². The number of fused-ring (bicyclic) bond motifs is 1. The molecule has 1 heterocycles. The van der Waals surface area contributed by atoms with Crippen molar-refractivity contribution in [3.63, 3.8) is 0 Å². The van der Waals surface area contributed by atoms with Crippen LogP contribution in [0.5, 0.6) is 17.2 Å². The minimum absolute atomic E-state index is 0.252. The molecule has 3 rings (SSSR count). The molecule has 4 nitrogen and oxygen atoms in total. The average Bonchev–Trinajstić information content (AvgIpc) is 2.63. The summed E-state index contributed by atoms with van der Waals surface area (Å²) < 4.78 is 18.4. The van der Waals surface area contributed by atoms with Crippen molar-refractivity contribution in [2.24, 2.45) is 0 Å². The summed E-state index contributed by atoms with van der Waals surface area (Å²) in [6, 6.07) is 12.7. The number of ether oxygens (including phenoxy) is 3. The minimum Gasteiger partial charge on any atom is -0.497 e. The second-order valence-electron chi connectivity index (χ2n) is 5.85. The van der Waals surface area contributed by atoms with Gasteiger partial charge in [-0.2, -0.15) is 0 Å². The SMILES string of the molecule is COc1ccc(C[C@H]2c3cc(OC)c(OC)cc3CCN2Br)cc1. The van der Waals surface area contributed by atoms with E-state index >= 15 is 0 Å². The van der Waals surface area contributed by atoms with Crippen LogP contribution < -0.4 is 14.2 Å². The van der Waals surface area contributed by atoms with Gasteiger partial charge in [0.25, 0.3) is 0 Å². The summed E-state index contributed by atoms with van der Waals surface area (Å²) >= 11 is 3.73. The maximum absolute atomic E-state index is 5.49. The first-order chi connectivity index (χ1) is 11.7. The Morgan fingerprint density at radius 3 is 2.29 bits per heavy atom. The van der Waals surface area contributed by atoms with Crippen LogP contribution in [-0.4, -0.2) is 31.8 Å². The molecule has 0 radical (unpaired) electrons. The zero-order valence-corrected chi connectivity index (χ0v) is 15.8. The number of rotatable bonds is 5. The zero-order valence-electron chi connectivity index (χ0n) is 14.2. The highest BCUT2D eigenvalue weighted by Gasteiger charge is 2.28. The first-order valence-electron chi connectivity index (χ1n) is 7.96. The van der Waals surface area contributed by atoms with E-state index in [4.69, 9.17) is 14.2 Å². The lowest BCUT2D eigenvalue weighted by Gasteiger charge is -2.33. The van der Waals surface area contributed by atoms with Gasteiger partial charge in [-0.3, -0.25) is 0 Å². The third kappa shape index (κ3) is 3.37. The van der Waals surface area contributed by atoms with E-state index in [1.807, 2.05) is 12.1 Å². The van der Waals surface area contributed by atoms with E-state index in [1.54, 1.807) is 21.3 Å². The Morgan fingerprint density at radius 2 is 1.67 bits per heavy atom. The Morgan fingerprint density at radius 1 is 1.00 bits per heavy atom. The first-order valence-corrected chi connectivity index (χ1v) is 8.67. The van der Waals surface area contributed by atoms with Crippen molar-refractivity contribution < 1.29 is 14.2 Å². The molecule has 0 amide bonds. The average molecular weight is 392 g/mol. The van der Waals surface area contributed by atoms with Crippen molar-refractivity contribution in [1.82, 2.24) is 3.93 Å². The molecule has 0 spiro atoms. The highest BCUT2D eigenvalue weighted by molar-refractivity contribution is 9.07. The van der Waals surface area contributed by atoms with Crippen LogP contribution in [-0.2, 0) is 12.8 Å². The summed E-state index contributed by atoms with van der Waals surface area (Å²) in [4.78, 5) is 0. The number of benzene rings is 2. The fourth-order valence-electron chi connectivity index (χ4n) is 3.19. The van der Waals surface area contributed by atoms with Crippen molar-refractivity contribution in [3.8, 4) is 17.2 Å². The van der Waals surface area contributed by atoms with Gasteiger partial charge in [-0.05, 0) is 53.8 Å². The zero-order chi connectivity index (χ0) is 17.1. The Labute approximate surface area is 151 Å². The lowest BCUT2D eigenvalue weighted by Crippen LogP contribution is -2.29. The van der Waals surface area contributed by atoms with Crippen LogP contribution >= 0.6 is 16.1 Å². The molecule has 0 saturated heterocycles. The molecule has 0 N–H and O–H groups in total. The van der Waals surface area contributed by atoms with Gasteiger partial charge in [0.05, 0.1) is 21.3 Å². The van der Waals surface area contributed by atoms with E-state index in [2.05, 4.69) is 44.3 Å². The third-order valence-electron chi connectivity index (χ3n) is 4.53. The molecule has 1 aliphatic heterocycles. The minimum atomic E-state index is 0.252. The summed E-state index contributed by atoms with van der Waals surface area (Å²) in [5.74, 6) is 2.45. The largest absolute Gasteiger partial charge is 0.497 e. The lowest BCUT2D eigenvalue weighted by atomic mass is 9.90. The number of halogens is 1. The molecular formula is C19H22BrNO3. The monoisotopic (exact) mass is 391 g/mol. The highest BCUT2D eigenvalue weighted by atomic mass is 79.9. The predicted molar refractivity (Wildman–Crippen MR) is 98.3 cm³/mol. The van der Waals surface area contributed by atoms with E-state index in [0.717, 1.165) is 36.6 Å². The van der Waals surface area contributed by atoms with Gasteiger partial charge in [0.1, 0.15) is 5.75 Å². The second-order valence-corrected chi connectivity index (χ2v) is 6.76. The quantitative estimate of drug-likeness (QED) is 0.715. The van der Waals surface area contributed by atoms with Crippen molar-refractivity contribution >= 4 is 16.1 Å².